The van der Waals surface area contributed by atoms with E-state index >= 15 is 0 Å². The molecule has 1 rings (SSSR count). The summed E-state index contributed by atoms with van der Waals surface area (Å²) in [7, 11) is 0. The van der Waals surface area contributed by atoms with Crippen molar-refractivity contribution < 1.29 is 18.7 Å². The molecular formula is C7H9F2N3O2. The van der Waals surface area contributed by atoms with Crippen LogP contribution in [-0.2, 0) is 17.3 Å². The molecule has 0 aliphatic carbocycles. The van der Waals surface area contributed by atoms with Gasteiger partial charge in [-0.1, -0.05) is 0 Å². The van der Waals surface area contributed by atoms with E-state index in [0.29, 0.717) is 0 Å². The van der Waals surface area contributed by atoms with Gasteiger partial charge in [0.15, 0.2) is 5.82 Å². The fraction of sp³-hybridized carbons (Fsp3) is 0.571. The van der Waals surface area contributed by atoms with Gasteiger partial charge in [-0.15, -0.1) is 0 Å². The van der Waals surface area contributed by atoms with Crippen LogP contribution in [0.2, 0.25) is 0 Å². The highest BCUT2D eigenvalue weighted by molar-refractivity contribution is 5.67. The van der Waals surface area contributed by atoms with Gasteiger partial charge in [-0.25, -0.2) is 9.67 Å². The molecule has 14 heavy (non-hydrogen) atoms. The standard InChI is InChI=1S/C7H9F2N3O2/c1-2-12-6(10-4-11-12)7(8,9)3-5(13)14/h4H,2-3H2,1H3,(H,13,14). The molecule has 0 amide bonds. The van der Waals surface area contributed by atoms with Crippen LogP contribution in [0.4, 0.5) is 8.78 Å². The predicted molar refractivity (Wildman–Crippen MR) is 41.8 cm³/mol. The first kappa shape index (κ1) is 10.6. The minimum atomic E-state index is -3.47. The van der Waals surface area contributed by atoms with Gasteiger partial charge in [0.2, 0.25) is 0 Å². The van der Waals surface area contributed by atoms with Gasteiger partial charge in [0, 0.05) is 6.54 Å². The molecule has 1 heterocycles. The lowest BCUT2D eigenvalue weighted by atomic mass is 10.2. The SMILES string of the molecule is CCn1ncnc1C(F)(F)CC(=O)O. The summed E-state index contributed by atoms with van der Waals surface area (Å²) in [4.78, 5) is 13.5. The third-order valence-corrected chi connectivity index (χ3v) is 1.62. The van der Waals surface area contributed by atoms with Crippen molar-refractivity contribution in [2.24, 2.45) is 0 Å². The average molecular weight is 205 g/mol. The first-order chi connectivity index (χ1) is 6.47. The third-order valence-electron chi connectivity index (χ3n) is 1.62. The molecule has 0 atom stereocenters. The Hall–Kier alpha value is -1.53. The Morgan fingerprint density at radius 1 is 1.71 bits per heavy atom. The lowest BCUT2D eigenvalue weighted by molar-refractivity contribution is -0.146. The van der Waals surface area contributed by atoms with Crippen LogP contribution in [0.25, 0.3) is 0 Å². The lowest BCUT2D eigenvalue weighted by Gasteiger charge is -2.13. The van der Waals surface area contributed by atoms with Crippen molar-refractivity contribution in [3.8, 4) is 0 Å². The highest BCUT2D eigenvalue weighted by atomic mass is 19.3. The van der Waals surface area contributed by atoms with Gasteiger partial charge in [0.05, 0.1) is 0 Å². The number of aryl methyl sites for hydroxylation is 1. The summed E-state index contributed by atoms with van der Waals surface area (Å²) in [6, 6.07) is 0. The van der Waals surface area contributed by atoms with Crippen LogP contribution >= 0.6 is 0 Å². The predicted octanol–water partition coefficient (Wildman–Crippen LogP) is 0.865. The Kier molecular flexibility index (Phi) is 2.78. The second kappa shape index (κ2) is 3.69. The molecule has 0 saturated heterocycles. The minimum Gasteiger partial charge on any atom is -0.481 e. The topological polar surface area (TPSA) is 68.0 Å². The number of carbonyl (C=O) groups is 1. The van der Waals surface area contributed by atoms with Crippen molar-refractivity contribution in [3.05, 3.63) is 12.2 Å². The van der Waals surface area contributed by atoms with Gasteiger partial charge < -0.3 is 5.11 Å². The molecule has 0 bridgehead atoms. The summed E-state index contributed by atoms with van der Waals surface area (Å²) in [5, 5.41) is 11.8. The molecule has 0 aliphatic rings. The molecule has 1 aromatic heterocycles. The molecule has 0 saturated carbocycles. The maximum atomic E-state index is 13.2. The molecule has 7 heteroatoms. The van der Waals surface area contributed by atoms with E-state index in [0.717, 1.165) is 11.0 Å². The van der Waals surface area contributed by atoms with E-state index in [2.05, 4.69) is 10.1 Å². The van der Waals surface area contributed by atoms with Crippen molar-refractivity contribution in [1.29, 1.82) is 0 Å². The van der Waals surface area contributed by atoms with E-state index < -0.39 is 24.1 Å². The highest BCUT2D eigenvalue weighted by Gasteiger charge is 2.39. The number of alkyl halides is 2. The number of hydrogen-bond acceptors (Lipinski definition) is 3. The normalized spacial score (nSPS) is 11.6. The third kappa shape index (κ3) is 2.04. The molecule has 0 fully saturated rings. The van der Waals surface area contributed by atoms with Crippen LogP contribution < -0.4 is 0 Å². The zero-order chi connectivity index (χ0) is 10.8. The minimum absolute atomic E-state index is 0.227. The molecule has 0 spiro atoms. The Bertz CT molecular complexity index is 337. The molecule has 1 aromatic rings. The van der Waals surface area contributed by atoms with Gasteiger partial charge in [0.1, 0.15) is 12.7 Å². The van der Waals surface area contributed by atoms with Gasteiger partial charge in [-0.3, -0.25) is 4.79 Å². The Morgan fingerprint density at radius 3 is 2.86 bits per heavy atom. The molecular weight excluding hydrogens is 196 g/mol. The molecule has 78 valence electrons. The fourth-order valence-corrected chi connectivity index (χ4v) is 1.05. The number of hydrogen-bond donors (Lipinski definition) is 1. The van der Waals surface area contributed by atoms with E-state index in [1.165, 1.54) is 0 Å². The summed E-state index contributed by atoms with van der Waals surface area (Å²) in [5.41, 5.74) is 0. The fourth-order valence-electron chi connectivity index (χ4n) is 1.05. The van der Waals surface area contributed by atoms with Gasteiger partial charge >= 0.3 is 11.9 Å². The van der Waals surface area contributed by atoms with E-state index in [9.17, 15) is 13.6 Å². The van der Waals surface area contributed by atoms with Crippen LogP contribution in [0, 0.1) is 0 Å². The van der Waals surface area contributed by atoms with Gasteiger partial charge in [-0.2, -0.15) is 13.9 Å². The first-order valence-electron chi connectivity index (χ1n) is 3.95. The van der Waals surface area contributed by atoms with E-state index in [1.54, 1.807) is 6.92 Å². The number of halogens is 2. The maximum absolute atomic E-state index is 13.2. The van der Waals surface area contributed by atoms with Gasteiger partial charge in [-0.05, 0) is 6.92 Å². The monoisotopic (exact) mass is 205 g/mol. The second-order valence-electron chi connectivity index (χ2n) is 2.67. The van der Waals surface area contributed by atoms with Crippen molar-refractivity contribution >= 4 is 5.97 Å². The first-order valence-corrected chi connectivity index (χ1v) is 3.95. The number of carboxylic acid groups (broad SMARTS) is 1. The van der Waals surface area contributed by atoms with Crippen molar-refractivity contribution in [2.45, 2.75) is 25.8 Å². The van der Waals surface area contributed by atoms with Crippen molar-refractivity contribution in [2.75, 3.05) is 0 Å². The molecule has 1 N–H and O–H groups in total. The van der Waals surface area contributed by atoms with Crippen molar-refractivity contribution in [1.82, 2.24) is 14.8 Å². The number of carboxylic acids is 1. The van der Waals surface area contributed by atoms with Gasteiger partial charge in [0.25, 0.3) is 0 Å². The van der Waals surface area contributed by atoms with Crippen LogP contribution in [0.15, 0.2) is 6.33 Å². The Balaban J connectivity index is 2.96. The average Bonchev–Trinajstić information content (AvgIpc) is 2.48. The number of rotatable bonds is 4. The van der Waals surface area contributed by atoms with Crippen LogP contribution in [0.3, 0.4) is 0 Å². The van der Waals surface area contributed by atoms with Crippen LogP contribution in [-0.4, -0.2) is 25.8 Å². The second-order valence-corrected chi connectivity index (χ2v) is 2.67. The van der Waals surface area contributed by atoms with E-state index in [4.69, 9.17) is 5.11 Å². The summed E-state index contributed by atoms with van der Waals surface area (Å²) in [5.74, 6) is -5.65. The zero-order valence-corrected chi connectivity index (χ0v) is 7.44. The zero-order valence-electron chi connectivity index (χ0n) is 7.44. The summed E-state index contributed by atoms with van der Waals surface area (Å²) in [6.07, 6.45) is -0.291. The van der Waals surface area contributed by atoms with Crippen LogP contribution in [0.1, 0.15) is 19.2 Å². The highest BCUT2D eigenvalue weighted by Crippen LogP contribution is 2.29. The molecule has 0 aliphatic heterocycles. The number of aliphatic carboxylic acids is 1. The number of nitrogens with zero attached hydrogens (tertiary/aromatic N) is 3. The molecule has 0 aromatic carbocycles. The summed E-state index contributed by atoms with van der Waals surface area (Å²) < 4.78 is 27.3. The van der Waals surface area contributed by atoms with E-state index in [-0.39, 0.29) is 6.54 Å². The molecule has 5 nitrogen and oxygen atoms in total. The Labute approximate surface area is 78.4 Å². The smallest absolute Gasteiger partial charge is 0.316 e. The molecule has 0 unspecified atom stereocenters. The lowest BCUT2D eigenvalue weighted by Crippen LogP contribution is -2.23. The summed E-state index contributed by atoms with van der Waals surface area (Å²) in [6.45, 7) is 1.85. The van der Waals surface area contributed by atoms with E-state index in [1.807, 2.05) is 0 Å². The van der Waals surface area contributed by atoms with Crippen molar-refractivity contribution in [3.63, 3.8) is 0 Å². The largest absolute Gasteiger partial charge is 0.481 e. The Morgan fingerprint density at radius 2 is 2.36 bits per heavy atom. The molecule has 0 radical (unpaired) electrons. The summed E-state index contributed by atoms with van der Waals surface area (Å²) >= 11 is 0. The maximum Gasteiger partial charge on any atom is 0.316 e. The number of aromatic nitrogens is 3. The quantitative estimate of drug-likeness (QED) is 0.791. The van der Waals surface area contributed by atoms with Crippen LogP contribution in [0.5, 0.6) is 0 Å².